The van der Waals surface area contributed by atoms with Crippen LogP contribution >= 0.6 is 0 Å². The lowest BCUT2D eigenvalue weighted by atomic mass is 9.81. The molecule has 2 fully saturated rings. The van der Waals surface area contributed by atoms with E-state index in [0.29, 0.717) is 18.9 Å². The number of hydrogen-bond acceptors (Lipinski definition) is 4. The van der Waals surface area contributed by atoms with E-state index in [4.69, 9.17) is 9.47 Å². The molecule has 0 radical (unpaired) electrons. The second-order valence-electron chi connectivity index (χ2n) is 8.37. The third-order valence-corrected chi connectivity index (χ3v) is 5.07. The fraction of sp³-hybridized carbons (Fsp3) is 0.600. The third kappa shape index (κ3) is 4.32. The molecule has 8 heteroatoms. The number of ether oxygens (including phenoxy) is 2. The molecule has 28 heavy (non-hydrogen) atoms. The van der Waals surface area contributed by atoms with E-state index in [1.54, 1.807) is 25.7 Å². The van der Waals surface area contributed by atoms with Crippen molar-refractivity contribution in [3.63, 3.8) is 0 Å². The molecular weight excluding hydrogens is 375 g/mol. The van der Waals surface area contributed by atoms with E-state index in [1.165, 1.54) is 0 Å². The second kappa shape index (κ2) is 7.73. The van der Waals surface area contributed by atoms with Crippen molar-refractivity contribution < 1.29 is 32.2 Å². The average molecular weight is 399 g/mol. The molecule has 0 saturated carbocycles. The third-order valence-electron chi connectivity index (χ3n) is 5.07. The number of benzene rings is 1. The Balaban J connectivity index is 1.72. The van der Waals surface area contributed by atoms with Crippen LogP contribution in [0.25, 0.3) is 0 Å². The molecule has 0 N–H and O–H groups in total. The lowest BCUT2D eigenvalue weighted by Gasteiger charge is -2.47. The Morgan fingerprint density at radius 3 is 2.25 bits per heavy atom. The zero-order valence-corrected chi connectivity index (χ0v) is 16.1. The summed E-state index contributed by atoms with van der Waals surface area (Å²) >= 11 is 0. The van der Waals surface area contributed by atoms with Gasteiger partial charge < -0.3 is 9.47 Å². The number of morpholine rings is 1. The van der Waals surface area contributed by atoms with Gasteiger partial charge in [0.15, 0.2) is 11.6 Å². The van der Waals surface area contributed by atoms with Gasteiger partial charge in [-0.05, 0) is 45.7 Å². The predicted octanol–water partition coefficient (Wildman–Crippen LogP) is 3.63. The average Bonchev–Trinajstić information content (AvgIpc) is 2.59. The summed E-state index contributed by atoms with van der Waals surface area (Å²) in [5.74, 6) is -4.32. The van der Waals surface area contributed by atoms with Crippen LogP contribution in [0.4, 0.5) is 18.0 Å². The molecule has 1 aromatic carbocycles. The molecule has 5 nitrogen and oxygen atoms in total. The normalized spacial score (nSPS) is 24.8. The number of amides is 1. The number of fused-ring (bicyclic) bond motifs is 2. The number of hydrogen-bond donors (Lipinski definition) is 0. The van der Waals surface area contributed by atoms with Gasteiger partial charge in [0.05, 0.1) is 25.3 Å². The first-order valence-electron chi connectivity index (χ1n) is 9.31. The molecule has 2 heterocycles. The van der Waals surface area contributed by atoms with Gasteiger partial charge in [-0.25, -0.2) is 18.0 Å². The summed E-state index contributed by atoms with van der Waals surface area (Å²) in [5.41, 5.74) is -1.20. The molecule has 0 aliphatic carbocycles. The summed E-state index contributed by atoms with van der Waals surface area (Å²) in [6.07, 6.45) is -0.355. The molecule has 3 rings (SSSR count). The minimum atomic E-state index is -1.33. The Kier molecular flexibility index (Phi) is 5.70. The number of rotatable bonds is 3. The smallest absolute Gasteiger partial charge is 0.410 e. The van der Waals surface area contributed by atoms with Gasteiger partial charge in [-0.2, -0.15) is 0 Å². The molecule has 2 bridgehead atoms. The van der Waals surface area contributed by atoms with Gasteiger partial charge in [0.1, 0.15) is 17.2 Å². The number of carbonyl (C=O) groups excluding carboxylic acids is 2. The number of nitrogens with zero attached hydrogens (tertiary/aromatic N) is 1. The van der Waals surface area contributed by atoms with Crippen LogP contribution in [0.1, 0.15) is 39.2 Å². The summed E-state index contributed by atoms with van der Waals surface area (Å²) in [4.78, 5) is 26.8. The van der Waals surface area contributed by atoms with Crippen LogP contribution in [0.2, 0.25) is 0 Å². The lowest BCUT2D eigenvalue weighted by molar-refractivity contribution is -0.131. The fourth-order valence-electron chi connectivity index (χ4n) is 3.84. The van der Waals surface area contributed by atoms with E-state index in [1.807, 2.05) is 0 Å². The van der Waals surface area contributed by atoms with E-state index >= 15 is 0 Å². The Labute approximate surface area is 161 Å². The van der Waals surface area contributed by atoms with E-state index in [9.17, 15) is 22.8 Å². The predicted molar refractivity (Wildman–Crippen MR) is 94.2 cm³/mol. The van der Waals surface area contributed by atoms with E-state index in [2.05, 4.69) is 0 Å². The molecule has 0 aromatic heterocycles. The van der Waals surface area contributed by atoms with Crippen LogP contribution in [-0.2, 0) is 20.7 Å². The van der Waals surface area contributed by atoms with Crippen molar-refractivity contribution in [1.82, 2.24) is 4.90 Å². The molecule has 1 amide bonds. The van der Waals surface area contributed by atoms with Gasteiger partial charge >= 0.3 is 6.09 Å². The summed E-state index contributed by atoms with van der Waals surface area (Å²) in [7, 11) is 0. The molecular formula is C20H24F3NO4. The highest BCUT2D eigenvalue weighted by Crippen LogP contribution is 2.34. The molecule has 0 spiro atoms. The summed E-state index contributed by atoms with van der Waals surface area (Å²) < 4.78 is 52.1. The highest BCUT2D eigenvalue weighted by atomic mass is 19.2. The van der Waals surface area contributed by atoms with Crippen LogP contribution in [0.5, 0.6) is 0 Å². The summed E-state index contributed by atoms with van der Waals surface area (Å²) in [5, 5.41) is 0. The monoisotopic (exact) mass is 399 g/mol. The largest absolute Gasteiger partial charge is 0.444 e. The summed E-state index contributed by atoms with van der Waals surface area (Å²) in [6.45, 7) is 5.85. The standard InChI is InChI=1S/C20H24F3NO4/c1-20(2,3)28-19(26)24-12-6-11(7-13(24)10-27-9-12)17(25)8-14-15(21)4-5-16(22)18(14)23/h4-5,11-13H,6-10H2,1-3H3. The molecule has 154 valence electrons. The van der Waals surface area contributed by atoms with Gasteiger partial charge in [-0.15, -0.1) is 0 Å². The summed E-state index contributed by atoms with van der Waals surface area (Å²) in [6, 6.07) is 0.811. The molecule has 2 saturated heterocycles. The van der Waals surface area contributed by atoms with Crippen LogP contribution < -0.4 is 0 Å². The van der Waals surface area contributed by atoms with Crippen molar-refractivity contribution in [1.29, 1.82) is 0 Å². The van der Waals surface area contributed by atoms with Crippen LogP contribution in [0, 0.1) is 23.4 Å². The van der Waals surface area contributed by atoms with Crippen LogP contribution in [0.3, 0.4) is 0 Å². The highest BCUT2D eigenvalue weighted by Gasteiger charge is 2.45. The zero-order valence-electron chi connectivity index (χ0n) is 16.1. The van der Waals surface area contributed by atoms with Gasteiger partial charge in [0.2, 0.25) is 0 Å². The second-order valence-corrected chi connectivity index (χ2v) is 8.37. The molecule has 2 unspecified atom stereocenters. The minimum absolute atomic E-state index is 0.266. The van der Waals surface area contributed by atoms with Gasteiger partial charge in [-0.1, -0.05) is 0 Å². The van der Waals surface area contributed by atoms with Crippen LogP contribution in [-0.4, -0.2) is 47.7 Å². The number of halogens is 3. The van der Waals surface area contributed by atoms with Crippen LogP contribution in [0.15, 0.2) is 12.1 Å². The van der Waals surface area contributed by atoms with Gasteiger partial charge in [0.25, 0.3) is 0 Å². The number of ketones is 1. The number of piperidine rings is 1. The molecule has 1 aromatic rings. The number of carbonyl (C=O) groups is 2. The maximum atomic E-state index is 13.9. The Hall–Kier alpha value is -2.09. The topological polar surface area (TPSA) is 55.8 Å². The zero-order chi connectivity index (χ0) is 20.6. The Morgan fingerprint density at radius 2 is 1.68 bits per heavy atom. The highest BCUT2D eigenvalue weighted by molar-refractivity contribution is 5.84. The van der Waals surface area contributed by atoms with E-state index < -0.39 is 47.0 Å². The molecule has 2 atom stereocenters. The Bertz CT molecular complexity index is 763. The first kappa shape index (κ1) is 20.6. The van der Waals surface area contributed by atoms with Gasteiger partial charge in [-0.3, -0.25) is 9.69 Å². The minimum Gasteiger partial charge on any atom is -0.444 e. The molecule has 2 aliphatic heterocycles. The maximum absolute atomic E-state index is 13.9. The van der Waals surface area contributed by atoms with Crippen molar-refractivity contribution in [2.75, 3.05) is 13.2 Å². The Morgan fingerprint density at radius 1 is 1.11 bits per heavy atom. The van der Waals surface area contributed by atoms with Crippen molar-refractivity contribution >= 4 is 11.9 Å². The van der Waals surface area contributed by atoms with Crippen molar-refractivity contribution in [3.8, 4) is 0 Å². The lowest BCUT2D eigenvalue weighted by Crippen LogP contribution is -2.60. The number of Topliss-reactive ketones (excluding diaryl/α,β-unsaturated/α-hetero) is 1. The van der Waals surface area contributed by atoms with Crippen molar-refractivity contribution in [2.24, 2.45) is 5.92 Å². The SMILES string of the molecule is CC(C)(C)OC(=O)N1C2COCC1CC(C(=O)Cc1c(F)ccc(F)c1F)C2. The molecule has 2 aliphatic rings. The van der Waals surface area contributed by atoms with Crippen molar-refractivity contribution in [2.45, 2.75) is 57.7 Å². The van der Waals surface area contributed by atoms with Crippen molar-refractivity contribution in [3.05, 3.63) is 35.1 Å². The fourth-order valence-corrected chi connectivity index (χ4v) is 3.84. The van der Waals surface area contributed by atoms with E-state index in [0.717, 1.165) is 6.07 Å². The first-order chi connectivity index (χ1) is 13.1. The first-order valence-corrected chi connectivity index (χ1v) is 9.31. The van der Waals surface area contributed by atoms with E-state index in [-0.39, 0.29) is 31.1 Å². The maximum Gasteiger partial charge on any atom is 0.410 e. The quantitative estimate of drug-likeness (QED) is 0.729. The van der Waals surface area contributed by atoms with Gasteiger partial charge in [0, 0.05) is 17.9 Å².